The molecular weight excluding hydrogens is 438 g/mol. The Balaban J connectivity index is 1.69. The van der Waals surface area contributed by atoms with Crippen LogP contribution in [0, 0.1) is 0 Å². The summed E-state index contributed by atoms with van der Waals surface area (Å²) in [6.07, 6.45) is 1.68. The van der Waals surface area contributed by atoms with Crippen LogP contribution in [0.1, 0.15) is 33.6 Å². The lowest BCUT2D eigenvalue weighted by Crippen LogP contribution is -2.27. The van der Waals surface area contributed by atoms with Crippen LogP contribution < -0.4 is 14.2 Å². The molecule has 0 saturated carbocycles. The van der Waals surface area contributed by atoms with Gasteiger partial charge in [-0.25, -0.2) is 13.2 Å². The van der Waals surface area contributed by atoms with Crippen LogP contribution in [0.5, 0.6) is 17.2 Å². The number of rotatable bonds is 9. The highest BCUT2D eigenvalue weighted by atomic mass is 32.2. The maximum absolute atomic E-state index is 12.6. The van der Waals surface area contributed by atoms with Gasteiger partial charge in [0.05, 0.1) is 26.2 Å². The topological polar surface area (TPSA) is 108 Å². The number of carbonyl (C=O) groups excluding carboxylic acids is 2. The van der Waals surface area contributed by atoms with Crippen LogP contribution in [0.25, 0.3) is 0 Å². The molecule has 1 aliphatic rings. The van der Waals surface area contributed by atoms with Crippen molar-refractivity contribution in [3.05, 3.63) is 47.5 Å². The lowest BCUT2D eigenvalue weighted by Gasteiger charge is -2.16. The molecule has 1 aliphatic heterocycles. The maximum atomic E-state index is 12.6. The molecule has 3 rings (SSSR count). The molecule has 1 fully saturated rings. The summed E-state index contributed by atoms with van der Waals surface area (Å²) < 4.78 is 47.4. The molecule has 1 saturated heterocycles. The fourth-order valence-corrected chi connectivity index (χ4v) is 4.96. The number of hydrogen-bond donors (Lipinski definition) is 0. The second-order valence-corrected chi connectivity index (χ2v) is 8.95. The van der Waals surface area contributed by atoms with E-state index in [1.807, 2.05) is 0 Å². The number of nitrogens with zero attached hydrogens (tertiary/aromatic N) is 1. The van der Waals surface area contributed by atoms with E-state index in [1.54, 1.807) is 0 Å². The van der Waals surface area contributed by atoms with Gasteiger partial charge in [-0.15, -0.1) is 0 Å². The molecular formula is C22H25NO8S. The Bertz CT molecular complexity index is 1090. The molecule has 10 heteroatoms. The van der Waals surface area contributed by atoms with E-state index >= 15 is 0 Å². The van der Waals surface area contributed by atoms with E-state index in [1.165, 1.54) is 62.0 Å². The monoisotopic (exact) mass is 463 g/mol. The van der Waals surface area contributed by atoms with Crippen molar-refractivity contribution in [2.75, 3.05) is 41.0 Å². The van der Waals surface area contributed by atoms with Gasteiger partial charge in [0, 0.05) is 18.7 Å². The number of carbonyl (C=O) groups is 2. The summed E-state index contributed by atoms with van der Waals surface area (Å²) >= 11 is 0. The van der Waals surface area contributed by atoms with Gasteiger partial charge in [-0.2, -0.15) is 4.31 Å². The standard InChI is InChI=1S/C22H25NO8S/c1-28-19-11-10-17(20(29-2)21(19)30-3)22(25)31-14-18(24)15-6-8-16(9-7-15)32(26,27)23-12-4-5-13-23/h6-11H,4-5,12-14H2,1-3H3. The summed E-state index contributed by atoms with van der Waals surface area (Å²) in [5, 5.41) is 0. The minimum atomic E-state index is -3.56. The molecule has 2 aromatic carbocycles. The zero-order valence-electron chi connectivity index (χ0n) is 18.1. The van der Waals surface area contributed by atoms with Crippen LogP contribution in [0.3, 0.4) is 0 Å². The highest BCUT2D eigenvalue weighted by molar-refractivity contribution is 7.89. The first-order valence-corrected chi connectivity index (χ1v) is 11.4. The van der Waals surface area contributed by atoms with Gasteiger partial charge in [-0.05, 0) is 49.2 Å². The average Bonchev–Trinajstić information content (AvgIpc) is 3.37. The molecule has 172 valence electrons. The van der Waals surface area contributed by atoms with Crippen LogP contribution in [0.4, 0.5) is 0 Å². The van der Waals surface area contributed by atoms with Crippen molar-refractivity contribution in [2.45, 2.75) is 17.7 Å². The van der Waals surface area contributed by atoms with Crippen molar-refractivity contribution in [1.29, 1.82) is 0 Å². The number of sulfonamides is 1. The van der Waals surface area contributed by atoms with E-state index < -0.39 is 28.4 Å². The molecule has 0 N–H and O–H groups in total. The van der Waals surface area contributed by atoms with Gasteiger partial charge in [-0.1, -0.05) is 0 Å². The number of ether oxygens (including phenoxy) is 4. The van der Waals surface area contributed by atoms with E-state index in [-0.39, 0.29) is 27.5 Å². The molecule has 0 amide bonds. The highest BCUT2D eigenvalue weighted by Crippen LogP contribution is 2.40. The normalized spacial score (nSPS) is 14.1. The third-order valence-corrected chi connectivity index (χ3v) is 7.05. The lowest BCUT2D eigenvalue weighted by atomic mass is 10.1. The predicted octanol–water partition coefficient (Wildman–Crippen LogP) is 2.54. The molecule has 0 aromatic heterocycles. The summed E-state index contributed by atoms with van der Waals surface area (Å²) in [5.74, 6) is -0.514. The lowest BCUT2D eigenvalue weighted by molar-refractivity contribution is 0.0471. The molecule has 1 heterocycles. The molecule has 0 radical (unpaired) electrons. The van der Waals surface area contributed by atoms with Crippen molar-refractivity contribution < 1.29 is 37.0 Å². The molecule has 0 aliphatic carbocycles. The number of methoxy groups -OCH3 is 3. The molecule has 0 bridgehead atoms. The van der Waals surface area contributed by atoms with Gasteiger partial charge in [0.1, 0.15) is 5.56 Å². The Morgan fingerprint density at radius 3 is 2.06 bits per heavy atom. The number of benzene rings is 2. The Hall–Kier alpha value is -3.11. The summed E-state index contributed by atoms with van der Waals surface area (Å²) in [6, 6.07) is 8.58. The van der Waals surface area contributed by atoms with Crippen molar-refractivity contribution in [2.24, 2.45) is 0 Å². The maximum Gasteiger partial charge on any atom is 0.342 e. The zero-order chi connectivity index (χ0) is 23.3. The van der Waals surface area contributed by atoms with Gasteiger partial charge in [0.15, 0.2) is 23.9 Å². The van der Waals surface area contributed by atoms with Crippen LogP contribution in [0.15, 0.2) is 41.3 Å². The largest absolute Gasteiger partial charge is 0.493 e. The summed E-state index contributed by atoms with van der Waals surface area (Å²) in [6.45, 7) is 0.478. The van der Waals surface area contributed by atoms with E-state index in [2.05, 4.69) is 0 Å². The van der Waals surface area contributed by atoms with Crippen LogP contribution in [-0.4, -0.2) is 65.5 Å². The quantitative estimate of drug-likeness (QED) is 0.412. The van der Waals surface area contributed by atoms with Crippen LogP contribution >= 0.6 is 0 Å². The highest BCUT2D eigenvalue weighted by Gasteiger charge is 2.27. The number of ketones is 1. The second-order valence-electron chi connectivity index (χ2n) is 7.02. The number of hydrogen-bond acceptors (Lipinski definition) is 8. The summed E-state index contributed by atoms with van der Waals surface area (Å²) in [7, 11) is 0.673. The van der Waals surface area contributed by atoms with E-state index in [9.17, 15) is 18.0 Å². The minimum Gasteiger partial charge on any atom is -0.493 e. The van der Waals surface area contributed by atoms with E-state index in [0.29, 0.717) is 18.8 Å². The Labute approximate surface area is 186 Å². The van der Waals surface area contributed by atoms with Crippen molar-refractivity contribution in [1.82, 2.24) is 4.31 Å². The summed E-state index contributed by atoms with van der Waals surface area (Å²) in [5.41, 5.74) is 0.308. The van der Waals surface area contributed by atoms with Crippen molar-refractivity contribution in [3.63, 3.8) is 0 Å². The zero-order valence-corrected chi connectivity index (χ0v) is 18.9. The Morgan fingerprint density at radius 1 is 0.875 bits per heavy atom. The van der Waals surface area contributed by atoms with Crippen molar-refractivity contribution >= 4 is 21.8 Å². The molecule has 2 aromatic rings. The molecule has 0 unspecified atom stereocenters. The molecule has 0 spiro atoms. The first kappa shape index (κ1) is 23.6. The minimum absolute atomic E-state index is 0.0741. The fourth-order valence-electron chi connectivity index (χ4n) is 3.44. The predicted molar refractivity (Wildman–Crippen MR) is 115 cm³/mol. The first-order valence-electron chi connectivity index (χ1n) is 9.93. The Kier molecular flexibility index (Phi) is 7.37. The van der Waals surface area contributed by atoms with E-state index in [0.717, 1.165) is 12.8 Å². The van der Waals surface area contributed by atoms with Crippen molar-refractivity contribution in [3.8, 4) is 17.2 Å². The summed E-state index contributed by atoms with van der Waals surface area (Å²) in [4.78, 5) is 25.1. The second kappa shape index (κ2) is 10.0. The molecule has 32 heavy (non-hydrogen) atoms. The fraction of sp³-hybridized carbons (Fsp3) is 0.364. The average molecular weight is 464 g/mol. The van der Waals surface area contributed by atoms with Crippen LogP contribution in [0.2, 0.25) is 0 Å². The molecule has 0 atom stereocenters. The van der Waals surface area contributed by atoms with Gasteiger partial charge < -0.3 is 18.9 Å². The third kappa shape index (κ3) is 4.71. The van der Waals surface area contributed by atoms with Gasteiger partial charge in [-0.3, -0.25) is 4.79 Å². The number of Topliss-reactive ketones (excluding diaryl/α,β-unsaturated/α-hetero) is 1. The Morgan fingerprint density at radius 2 is 1.50 bits per heavy atom. The third-order valence-electron chi connectivity index (χ3n) is 5.14. The van der Waals surface area contributed by atoms with Gasteiger partial charge >= 0.3 is 5.97 Å². The van der Waals surface area contributed by atoms with Crippen LogP contribution in [-0.2, 0) is 14.8 Å². The SMILES string of the molecule is COc1ccc(C(=O)OCC(=O)c2ccc(S(=O)(=O)N3CCCC3)cc2)c(OC)c1OC. The van der Waals surface area contributed by atoms with Gasteiger partial charge in [0.25, 0.3) is 0 Å². The van der Waals surface area contributed by atoms with E-state index in [4.69, 9.17) is 18.9 Å². The molecule has 9 nitrogen and oxygen atoms in total. The number of esters is 1. The first-order chi connectivity index (χ1) is 15.3. The van der Waals surface area contributed by atoms with Gasteiger partial charge in [0.2, 0.25) is 15.8 Å². The smallest absolute Gasteiger partial charge is 0.342 e.